The van der Waals surface area contributed by atoms with Gasteiger partial charge in [-0.3, -0.25) is 4.55 Å². The van der Waals surface area contributed by atoms with Crippen molar-refractivity contribution in [1.29, 1.82) is 0 Å². The Morgan fingerprint density at radius 3 is 1.87 bits per heavy atom. The molecule has 0 amide bonds. The number of carbonyl (C=O) groups excluding carboxylic acids is 2. The van der Waals surface area contributed by atoms with Crippen molar-refractivity contribution in [3.8, 4) is 5.75 Å². The van der Waals surface area contributed by atoms with Crippen LogP contribution < -0.4 is 4.74 Å². The fourth-order valence-electron chi connectivity index (χ4n) is 2.45. The molecule has 19 heteroatoms. The Morgan fingerprint density at radius 1 is 0.921 bits per heavy atom. The summed E-state index contributed by atoms with van der Waals surface area (Å²) in [5, 5.41) is -5.94. The SMILES string of the molecule is C=CC(=O)OC(OCCCCC(F)(F)C(F)(F)S(=O)(=O)O)(C(=O)Oc1ccc(C(F)(F)F)cc1)C(F)(F)F. The second kappa shape index (κ2) is 11.4. The van der Waals surface area contributed by atoms with Gasteiger partial charge in [0, 0.05) is 12.5 Å². The zero-order chi connectivity index (χ0) is 29.8. The van der Waals surface area contributed by atoms with Gasteiger partial charge in [-0.15, -0.1) is 0 Å². The van der Waals surface area contributed by atoms with E-state index in [1.807, 2.05) is 0 Å². The van der Waals surface area contributed by atoms with Crippen molar-refractivity contribution in [3.63, 3.8) is 0 Å². The van der Waals surface area contributed by atoms with Gasteiger partial charge in [0.25, 0.3) is 0 Å². The molecule has 0 spiro atoms. The van der Waals surface area contributed by atoms with Crippen LogP contribution in [0.2, 0.25) is 0 Å². The monoisotopic (exact) mass is 594 g/mol. The summed E-state index contributed by atoms with van der Waals surface area (Å²) in [4.78, 5) is 23.9. The molecule has 0 aromatic heterocycles. The number of alkyl halides is 10. The molecule has 0 saturated carbocycles. The van der Waals surface area contributed by atoms with Crippen LogP contribution in [0.5, 0.6) is 5.75 Å². The van der Waals surface area contributed by atoms with E-state index in [0.29, 0.717) is 24.3 Å². The zero-order valence-corrected chi connectivity index (χ0v) is 19.2. The lowest BCUT2D eigenvalue weighted by Crippen LogP contribution is -2.59. The topological polar surface area (TPSA) is 116 Å². The quantitative estimate of drug-likeness (QED) is 0.0691. The summed E-state index contributed by atoms with van der Waals surface area (Å²) in [7, 11) is -6.57. The number of unbranched alkanes of at least 4 members (excludes halogenated alkanes) is 1. The van der Waals surface area contributed by atoms with E-state index in [1.165, 1.54) is 0 Å². The highest BCUT2D eigenvalue weighted by atomic mass is 32.2. The summed E-state index contributed by atoms with van der Waals surface area (Å²) in [6.45, 7) is 1.39. The van der Waals surface area contributed by atoms with Crippen molar-refractivity contribution in [2.75, 3.05) is 6.61 Å². The number of esters is 2. The molecule has 0 aliphatic rings. The molecule has 0 saturated heterocycles. The Hall–Kier alpha value is -2.93. The normalized spacial score (nSPS) is 14.9. The minimum Gasteiger partial charge on any atom is -0.421 e. The van der Waals surface area contributed by atoms with Crippen LogP contribution in [0.4, 0.5) is 43.9 Å². The van der Waals surface area contributed by atoms with Crippen molar-refractivity contribution in [1.82, 2.24) is 0 Å². The fraction of sp³-hybridized carbons (Fsp3) is 0.474. The third kappa shape index (κ3) is 7.56. The molecule has 1 aromatic rings. The first kappa shape index (κ1) is 33.1. The molecule has 0 aliphatic heterocycles. The van der Waals surface area contributed by atoms with Gasteiger partial charge in [-0.05, 0) is 37.1 Å². The predicted molar refractivity (Wildman–Crippen MR) is 103 cm³/mol. The molecule has 1 rings (SSSR count). The van der Waals surface area contributed by atoms with Crippen LogP contribution in [0.25, 0.3) is 0 Å². The maximum atomic E-state index is 13.8. The Balaban J connectivity index is 3.13. The first-order chi connectivity index (χ1) is 17.0. The highest BCUT2D eigenvalue weighted by Crippen LogP contribution is 2.42. The molecule has 0 fully saturated rings. The molecule has 1 atom stereocenters. The molecule has 8 nitrogen and oxygen atoms in total. The zero-order valence-electron chi connectivity index (χ0n) is 18.4. The first-order valence-corrected chi connectivity index (χ1v) is 11.1. The Kier molecular flexibility index (Phi) is 9.96. The maximum Gasteiger partial charge on any atom is 0.468 e. The highest BCUT2D eigenvalue weighted by Gasteiger charge is 2.68. The lowest BCUT2D eigenvalue weighted by atomic mass is 10.1. The summed E-state index contributed by atoms with van der Waals surface area (Å²) in [5.74, 6) is -15.4. The largest absolute Gasteiger partial charge is 0.468 e. The Labute approximate surface area is 206 Å². The van der Waals surface area contributed by atoms with Crippen LogP contribution >= 0.6 is 0 Å². The summed E-state index contributed by atoms with van der Waals surface area (Å²) < 4.78 is 175. The van der Waals surface area contributed by atoms with Crippen molar-refractivity contribution >= 4 is 22.1 Å². The smallest absolute Gasteiger partial charge is 0.421 e. The lowest BCUT2D eigenvalue weighted by Gasteiger charge is -2.32. The number of ether oxygens (including phenoxy) is 3. The molecule has 1 aromatic carbocycles. The van der Waals surface area contributed by atoms with E-state index in [0.717, 1.165) is 0 Å². The minimum absolute atomic E-state index is 0.146. The van der Waals surface area contributed by atoms with Crippen molar-refractivity contribution in [2.24, 2.45) is 0 Å². The number of carbonyl (C=O) groups is 2. The van der Waals surface area contributed by atoms with Crippen LogP contribution in [0, 0.1) is 0 Å². The van der Waals surface area contributed by atoms with Gasteiger partial charge in [0.1, 0.15) is 5.75 Å². The van der Waals surface area contributed by atoms with E-state index in [2.05, 4.69) is 20.8 Å². The number of rotatable bonds is 12. The number of benzene rings is 1. The third-order valence-corrected chi connectivity index (χ3v) is 5.33. The van der Waals surface area contributed by atoms with Gasteiger partial charge in [-0.1, -0.05) is 6.58 Å². The summed E-state index contributed by atoms with van der Waals surface area (Å²) >= 11 is 0. The lowest BCUT2D eigenvalue weighted by molar-refractivity contribution is -0.352. The van der Waals surface area contributed by atoms with Crippen LogP contribution in [-0.2, 0) is 35.4 Å². The average Bonchev–Trinajstić information content (AvgIpc) is 2.75. The summed E-state index contributed by atoms with van der Waals surface area (Å²) in [6, 6.07) is 1.54. The average molecular weight is 594 g/mol. The molecular weight excluding hydrogens is 578 g/mol. The van der Waals surface area contributed by atoms with Gasteiger partial charge in [-0.2, -0.15) is 52.3 Å². The second-order valence-electron chi connectivity index (χ2n) is 7.15. The van der Waals surface area contributed by atoms with Gasteiger partial charge in [0.05, 0.1) is 12.2 Å². The molecule has 0 radical (unpaired) electrons. The van der Waals surface area contributed by atoms with E-state index < -0.39 is 88.6 Å². The van der Waals surface area contributed by atoms with Crippen LogP contribution in [-0.4, -0.2) is 54.7 Å². The molecule has 1 N–H and O–H groups in total. The van der Waals surface area contributed by atoms with Gasteiger partial charge in [-0.25, -0.2) is 9.59 Å². The van der Waals surface area contributed by atoms with Crippen LogP contribution in [0.1, 0.15) is 24.8 Å². The van der Waals surface area contributed by atoms with Gasteiger partial charge >= 0.3 is 51.4 Å². The molecule has 38 heavy (non-hydrogen) atoms. The molecule has 0 bridgehead atoms. The van der Waals surface area contributed by atoms with Crippen LogP contribution in [0.15, 0.2) is 36.9 Å². The maximum absolute atomic E-state index is 13.8. The van der Waals surface area contributed by atoms with E-state index >= 15 is 0 Å². The van der Waals surface area contributed by atoms with E-state index in [4.69, 9.17) is 4.55 Å². The standard InChI is InChI=1S/C19H16F10O8S/c1-2-13(30)37-16(18(25,26)27,14(31)36-12-7-5-11(6-8-12)17(22,23)24)35-10-4-3-9-15(20,21)19(28,29)38(32,33)34/h2,5-8H,1,3-4,9-10H2,(H,32,33,34). The minimum atomic E-state index is -6.57. The van der Waals surface area contributed by atoms with E-state index in [1.54, 1.807) is 0 Å². The molecule has 1 unspecified atom stereocenters. The van der Waals surface area contributed by atoms with Gasteiger partial charge < -0.3 is 14.2 Å². The van der Waals surface area contributed by atoms with Crippen molar-refractivity contribution < 1.29 is 80.7 Å². The third-order valence-electron chi connectivity index (χ3n) is 4.39. The number of hydrogen-bond donors (Lipinski definition) is 1. The highest BCUT2D eigenvalue weighted by molar-refractivity contribution is 7.87. The molecule has 0 heterocycles. The first-order valence-electron chi connectivity index (χ1n) is 9.70. The molecular formula is C19H16F10O8S. The van der Waals surface area contributed by atoms with E-state index in [-0.39, 0.29) is 6.08 Å². The predicted octanol–water partition coefficient (Wildman–Crippen LogP) is 4.90. The number of halogens is 10. The summed E-state index contributed by atoms with van der Waals surface area (Å²) in [5.41, 5.74) is -1.27. The fourth-order valence-corrected chi connectivity index (χ4v) is 2.93. The Morgan fingerprint density at radius 2 is 1.45 bits per heavy atom. The van der Waals surface area contributed by atoms with Gasteiger partial charge in [0.15, 0.2) is 0 Å². The second-order valence-corrected chi connectivity index (χ2v) is 8.62. The van der Waals surface area contributed by atoms with Gasteiger partial charge in [0.2, 0.25) is 0 Å². The van der Waals surface area contributed by atoms with Crippen LogP contribution in [0.3, 0.4) is 0 Å². The number of hydrogen-bond acceptors (Lipinski definition) is 7. The molecule has 216 valence electrons. The summed E-state index contributed by atoms with van der Waals surface area (Å²) in [6.07, 6.45) is -14.8. The van der Waals surface area contributed by atoms with Crippen molar-refractivity contribution in [3.05, 3.63) is 42.5 Å². The van der Waals surface area contributed by atoms with E-state index in [9.17, 15) is 61.9 Å². The Bertz CT molecular complexity index is 1110. The van der Waals surface area contributed by atoms with Crippen molar-refractivity contribution in [2.45, 2.75) is 48.6 Å². The molecule has 0 aliphatic carbocycles.